The average molecular weight is 616 g/mol. The molecule has 5 rings (SSSR count). The van der Waals surface area contributed by atoms with Crippen molar-refractivity contribution >= 4 is 26.8 Å². The number of nitrogens with zero attached hydrogens (tertiary/aromatic N) is 2. The van der Waals surface area contributed by atoms with Gasteiger partial charge in [-0.15, -0.1) is 0 Å². The number of methoxy groups -OCH3 is 2. The van der Waals surface area contributed by atoms with Crippen molar-refractivity contribution in [3.63, 3.8) is 0 Å². The Morgan fingerprint density at radius 3 is 2.42 bits per heavy atom. The number of benzene rings is 3. The van der Waals surface area contributed by atoms with Crippen LogP contribution in [0.25, 0.3) is 10.9 Å². The van der Waals surface area contributed by atoms with Crippen molar-refractivity contribution in [3.05, 3.63) is 89.6 Å². The average Bonchev–Trinajstić information content (AvgIpc) is 3.76. The second-order valence-corrected chi connectivity index (χ2v) is 12.3. The summed E-state index contributed by atoms with van der Waals surface area (Å²) < 4.78 is 79.1. The van der Waals surface area contributed by atoms with Crippen LogP contribution in [0.4, 0.5) is 13.2 Å². The molecule has 228 valence electrons. The standard InChI is InChI=1S/C31H32F3N3O5S/c1-41-28-13-10-21(16-29(28)42-2)19-36(15-14-22-18-35-27-9-4-3-8-26(22)27)30(38)20-37(24-11-12-24)43(39,40)25-7-5-6-23(17-25)31(32,33)34/h3-10,13,16-18,24,35H,11-12,14-15,19-20H2,1-2H3. The Morgan fingerprint density at radius 1 is 0.977 bits per heavy atom. The van der Waals surface area contributed by atoms with E-state index in [-0.39, 0.29) is 13.1 Å². The summed E-state index contributed by atoms with van der Waals surface area (Å²) >= 11 is 0. The van der Waals surface area contributed by atoms with Crippen LogP contribution in [0, 0.1) is 0 Å². The summed E-state index contributed by atoms with van der Waals surface area (Å²) in [6.07, 6.45) is -1.28. The monoisotopic (exact) mass is 615 g/mol. The summed E-state index contributed by atoms with van der Waals surface area (Å²) in [5, 5.41) is 1.02. The number of halogens is 3. The van der Waals surface area contributed by atoms with E-state index in [4.69, 9.17) is 9.47 Å². The zero-order valence-corrected chi connectivity index (χ0v) is 24.5. The predicted octanol–water partition coefficient (Wildman–Crippen LogP) is 5.63. The number of carbonyl (C=O) groups excluding carboxylic acids is 1. The third kappa shape index (κ3) is 6.80. The van der Waals surface area contributed by atoms with Crippen molar-refractivity contribution in [2.75, 3.05) is 27.3 Å². The zero-order valence-electron chi connectivity index (χ0n) is 23.7. The first-order valence-corrected chi connectivity index (χ1v) is 15.2. The maximum Gasteiger partial charge on any atom is 0.416 e. The van der Waals surface area contributed by atoms with Crippen LogP contribution in [-0.2, 0) is 34.0 Å². The number of sulfonamides is 1. The van der Waals surface area contributed by atoms with Crippen LogP contribution in [0.1, 0.15) is 29.5 Å². The topological polar surface area (TPSA) is 91.9 Å². The fourth-order valence-electron chi connectivity index (χ4n) is 5.06. The van der Waals surface area contributed by atoms with Gasteiger partial charge in [-0.3, -0.25) is 4.79 Å². The van der Waals surface area contributed by atoms with Gasteiger partial charge in [0.1, 0.15) is 0 Å². The van der Waals surface area contributed by atoms with Crippen LogP contribution in [0.15, 0.2) is 77.8 Å². The molecular weight excluding hydrogens is 583 g/mol. The van der Waals surface area contributed by atoms with Crippen molar-refractivity contribution in [1.82, 2.24) is 14.2 Å². The molecule has 1 fully saturated rings. The van der Waals surface area contributed by atoms with E-state index in [2.05, 4.69) is 4.98 Å². The number of hydrogen-bond acceptors (Lipinski definition) is 5. The van der Waals surface area contributed by atoms with Crippen LogP contribution in [0.2, 0.25) is 0 Å². The molecule has 4 aromatic rings. The van der Waals surface area contributed by atoms with Crippen molar-refractivity contribution in [2.45, 2.75) is 42.9 Å². The molecule has 0 saturated heterocycles. The van der Waals surface area contributed by atoms with Gasteiger partial charge in [0, 0.05) is 36.2 Å². The molecule has 1 saturated carbocycles. The molecule has 1 aliphatic rings. The van der Waals surface area contributed by atoms with Crippen LogP contribution in [0.5, 0.6) is 11.5 Å². The minimum absolute atomic E-state index is 0.156. The third-order valence-electron chi connectivity index (χ3n) is 7.51. The van der Waals surface area contributed by atoms with E-state index in [0.717, 1.165) is 44.5 Å². The molecule has 0 spiro atoms. The number of para-hydroxylation sites is 1. The lowest BCUT2D eigenvalue weighted by Crippen LogP contribution is -2.44. The molecule has 12 heteroatoms. The summed E-state index contributed by atoms with van der Waals surface area (Å²) in [6.45, 7) is -0.0643. The number of H-pyrrole nitrogens is 1. The molecule has 43 heavy (non-hydrogen) atoms. The maximum atomic E-state index is 13.9. The second-order valence-electron chi connectivity index (χ2n) is 10.4. The van der Waals surface area contributed by atoms with Crippen molar-refractivity contribution in [1.29, 1.82) is 0 Å². The van der Waals surface area contributed by atoms with Gasteiger partial charge in [-0.05, 0) is 66.8 Å². The Balaban J connectivity index is 1.42. The predicted molar refractivity (Wildman–Crippen MR) is 155 cm³/mol. The lowest BCUT2D eigenvalue weighted by Gasteiger charge is -2.28. The number of aromatic nitrogens is 1. The molecule has 1 heterocycles. The van der Waals surface area contributed by atoms with Gasteiger partial charge in [0.05, 0.1) is 31.2 Å². The third-order valence-corrected chi connectivity index (χ3v) is 9.41. The first-order chi connectivity index (χ1) is 20.5. The maximum absolute atomic E-state index is 13.9. The fraction of sp³-hybridized carbons (Fsp3) is 0.323. The van der Waals surface area contributed by atoms with E-state index >= 15 is 0 Å². The lowest BCUT2D eigenvalue weighted by molar-refractivity contribution is -0.137. The number of aromatic amines is 1. The highest BCUT2D eigenvalue weighted by molar-refractivity contribution is 7.89. The van der Waals surface area contributed by atoms with Crippen LogP contribution in [0.3, 0.4) is 0 Å². The zero-order chi connectivity index (χ0) is 30.8. The van der Waals surface area contributed by atoms with Crippen molar-refractivity contribution in [2.24, 2.45) is 0 Å². The number of nitrogens with one attached hydrogen (secondary N) is 1. The van der Waals surface area contributed by atoms with Gasteiger partial charge in [-0.1, -0.05) is 30.3 Å². The Morgan fingerprint density at radius 2 is 1.72 bits per heavy atom. The number of carbonyl (C=O) groups is 1. The van der Waals surface area contributed by atoms with Crippen LogP contribution < -0.4 is 9.47 Å². The van der Waals surface area contributed by atoms with Gasteiger partial charge in [-0.25, -0.2) is 8.42 Å². The first-order valence-electron chi connectivity index (χ1n) is 13.7. The van der Waals surface area contributed by atoms with E-state index in [1.54, 1.807) is 23.1 Å². The summed E-state index contributed by atoms with van der Waals surface area (Å²) in [5.74, 6) is 0.544. The SMILES string of the molecule is COc1ccc(CN(CCc2c[nH]c3ccccc23)C(=O)CN(C2CC2)S(=O)(=O)c2cccc(C(F)(F)F)c2)cc1OC. The highest BCUT2D eigenvalue weighted by Crippen LogP contribution is 2.35. The van der Waals surface area contributed by atoms with E-state index in [9.17, 15) is 26.4 Å². The summed E-state index contributed by atoms with van der Waals surface area (Å²) in [7, 11) is -1.36. The van der Waals surface area contributed by atoms with E-state index in [1.165, 1.54) is 14.2 Å². The number of rotatable bonds is 12. The van der Waals surface area contributed by atoms with Gasteiger partial charge in [0.2, 0.25) is 15.9 Å². The van der Waals surface area contributed by atoms with Gasteiger partial charge in [0.15, 0.2) is 11.5 Å². The highest BCUT2D eigenvalue weighted by Gasteiger charge is 2.41. The summed E-state index contributed by atoms with van der Waals surface area (Å²) in [4.78, 5) is 18.2. The van der Waals surface area contributed by atoms with Crippen LogP contribution in [-0.4, -0.2) is 61.9 Å². The Labute approximate surface area is 248 Å². The summed E-state index contributed by atoms with van der Waals surface area (Å²) in [6, 6.07) is 16.2. The first kappa shape index (κ1) is 30.4. The molecule has 1 amide bonds. The molecule has 0 bridgehead atoms. The van der Waals surface area contributed by atoms with E-state index in [0.29, 0.717) is 36.8 Å². The molecule has 1 aromatic heterocycles. The van der Waals surface area contributed by atoms with Gasteiger partial charge >= 0.3 is 6.18 Å². The van der Waals surface area contributed by atoms with Gasteiger partial charge < -0.3 is 19.4 Å². The molecule has 3 aromatic carbocycles. The second kappa shape index (κ2) is 12.3. The minimum Gasteiger partial charge on any atom is -0.493 e. The van der Waals surface area contributed by atoms with Crippen molar-refractivity contribution < 1.29 is 35.9 Å². The van der Waals surface area contributed by atoms with E-state index in [1.807, 2.05) is 30.5 Å². The highest BCUT2D eigenvalue weighted by atomic mass is 32.2. The minimum atomic E-state index is -4.70. The molecule has 0 atom stereocenters. The molecule has 8 nitrogen and oxygen atoms in total. The number of alkyl halides is 3. The molecular formula is C31H32F3N3O5S. The normalized spacial score (nSPS) is 13.8. The number of fused-ring (bicyclic) bond motifs is 1. The number of hydrogen-bond donors (Lipinski definition) is 1. The van der Waals surface area contributed by atoms with Crippen LogP contribution >= 0.6 is 0 Å². The smallest absolute Gasteiger partial charge is 0.416 e. The van der Waals surface area contributed by atoms with Gasteiger partial charge in [0.25, 0.3) is 0 Å². The quantitative estimate of drug-likeness (QED) is 0.223. The Kier molecular flexibility index (Phi) is 8.70. The summed E-state index contributed by atoms with van der Waals surface area (Å²) in [5.41, 5.74) is 1.63. The fourth-order valence-corrected chi connectivity index (χ4v) is 6.74. The van der Waals surface area contributed by atoms with Crippen molar-refractivity contribution in [3.8, 4) is 11.5 Å². The number of ether oxygens (including phenoxy) is 2. The molecule has 1 aliphatic carbocycles. The molecule has 0 radical (unpaired) electrons. The molecule has 0 aliphatic heterocycles. The largest absolute Gasteiger partial charge is 0.493 e. The van der Waals surface area contributed by atoms with E-state index < -0.39 is 45.2 Å². The van der Waals surface area contributed by atoms with Gasteiger partial charge in [-0.2, -0.15) is 17.5 Å². The Hall–Kier alpha value is -4.03. The molecule has 0 unspecified atom stereocenters. The number of amides is 1. The lowest BCUT2D eigenvalue weighted by atomic mass is 10.1. The Bertz CT molecular complexity index is 1720. The molecule has 1 N–H and O–H groups in total.